The van der Waals surface area contributed by atoms with Crippen molar-refractivity contribution in [3.05, 3.63) is 30.6 Å². The molecule has 6 nitrogen and oxygen atoms in total. The highest BCUT2D eigenvalue weighted by Crippen LogP contribution is 2.35. The van der Waals surface area contributed by atoms with Crippen LogP contribution in [0.15, 0.2) is 35.5 Å². The van der Waals surface area contributed by atoms with Crippen LogP contribution in [-0.2, 0) is 10.0 Å². The molecule has 1 saturated heterocycles. The Labute approximate surface area is 166 Å². The van der Waals surface area contributed by atoms with Crippen LogP contribution >= 0.6 is 12.4 Å². The summed E-state index contributed by atoms with van der Waals surface area (Å²) in [7, 11) is -3.62. The minimum absolute atomic E-state index is 0. The highest BCUT2D eigenvalue weighted by molar-refractivity contribution is 7.89. The third kappa shape index (κ3) is 4.21. The second-order valence-corrected chi connectivity index (χ2v) is 9.13. The molecule has 8 heteroatoms. The highest BCUT2D eigenvalue weighted by Gasteiger charge is 2.32. The van der Waals surface area contributed by atoms with E-state index < -0.39 is 10.0 Å². The lowest BCUT2D eigenvalue weighted by Crippen LogP contribution is -2.41. The van der Waals surface area contributed by atoms with Crippen LogP contribution in [0.25, 0.3) is 10.8 Å². The van der Waals surface area contributed by atoms with E-state index in [-0.39, 0.29) is 18.4 Å². The lowest BCUT2D eigenvalue weighted by Gasteiger charge is -2.26. The van der Waals surface area contributed by atoms with Gasteiger partial charge in [-0.1, -0.05) is 12.1 Å². The second kappa shape index (κ2) is 8.31. The molecule has 1 N–H and O–H groups in total. The van der Waals surface area contributed by atoms with Crippen molar-refractivity contribution in [2.75, 3.05) is 26.2 Å². The van der Waals surface area contributed by atoms with Gasteiger partial charge in [-0.15, -0.1) is 12.4 Å². The smallest absolute Gasteiger partial charge is 0.244 e. The Kier molecular flexibility index (Phi) is 6.25. The molecule has 0 unspecified atom stereocenters. The Morgan fingerprint density at radius 2 is 2.11 bits per heavy atom. The number of nitrogens with one attached hydrogen (secondary N) is 1. The quantitative estimate of drug-likeness (QED) is 0.819. The number of sulfonamides is 1. The fourth-order valence-corrected chi connectivity index (χ4v) is 5.36. The molecular weight excluding hydrogens is 386 g/mol. The third-order valence-corrected chi connectivity index (χ3v) is 7.19. The summed E-state index contributed by atoms with van der Waals surface area (Å²) in [5, 5.41) is 4.74. The summed E-state index contributed by atoms with van der Waals surface area (Å²) < 4.78 is 34.6. The van der Waals surface area contributed by atoms with Crippen molar-refractivity contribution in [2.45, 2.75) is 37.1 Å². The van der Waals surface area contributed by atoms with E-state index in [1.165, 1.54) is 12.8 Å². The van der Waals surface area contributed by atoms with Crippen LogP contribution in [0.5, 0.6) is 5.75 Å². The Balaban J connectivity index is 0.00000210. The minimum Gasteiger partial charge on any atom is -0.491 e. The van der Waals surface area contributed by atoms with E-state index >= 15 is 0 Å². The molecule has 1 aromatic carbocycles. The van der Waals surface area contributed by atoms with Gasteiger partial charge in [0.25, 0.3) is 0 Å². The third-order valence-electron chi connectivity index (χ3n) is 5.13. The molecular formula is C19H26ClN3O3S. The molecule has 2 fully saturated rings. The van der Waals surface area contributed by atoms with E-state index in [0.29, 0.717) is 41.6 Å². The van der Waals surface area contributed by atoms with Crippen LogP contribution < -0.4 is 10.1 Å². The van der Waals surface area contributed by atoms with Gasteiger partial charge in [-0.3, -0.25) is 4.98 Å². The fourth-order valence-electron chi connectivity index (χ4n) is 3.46. The summed E-state index contributed by atoms with van der Waals surface area (Å²) >= 11 is 0. The summed E-state index contributed by atoms with van der Waals surface area (Å²) in [6, 6.07) is 5.27. The highest BCUT2D eigenvalue weighted by atomic mass is 35.5. The van der Waals surface area contributed by atoms with Crippen molar-refractivity contribution in [1.29, 1.82) is 0 Å². The maximum absolute atomic E-state index is 13.5. The molecule has 2 aliphatic rings. The van der Waals surface area contributed by atoms with Gasteiger partial charge in [-0.2, -0.15) is 4.31 Å². The molecule has 0 radical (unpaired) electrons. The number of nitrogens with zero attached hydrogens (tertiary/aromatic N) is 2. The largest absolute Gasteiger partial charge is 0.491 e. The monoisotopic (exact) mass is 411 g/mol. The summed E-state index contributed by atoms with van der Waals surface area (Å²) in [5.41, 5.74) is 0. The number of fused-ring (bicyclic) bond motifs is 1. The SMILES string of the molecule is C[C@@H]1CNCCCN1S(=O)(=O)c1cccc2cncc(OCC3CC3)c12.Cl. The van der Waals surface area contributed by atoms with Gasteiger partial charge in [0.2, 0.25) is 10.0 Å². The molecule has 0 amide bonds. The van der Waals surface area contributed by atoms with Gasteiger partial charge >= 0.3 is 0 Å². The first-order valence-electron chi connectivity index (χ1n) is 9.29. The van der Waals surface area contributed by atoms with Crippen LogP contribution in [-0.4, -0.2) is 50.0 Å². The number of aromatic nitrogens is 1. The molecule has 1 saturated carbocycles. The van der Waals surface area contributed by atoms with Gasteiger partial charge in [0.05, 0.1) is 17.7 Å². The van der Waals surface area contributed by atoms with Gasteiger partial charge in [0, 0.05) is 36.1 Å². The van der Waals surface area contributed by atoms with Crippen molar-refractivity contribution < 1.29 is 13.2 Å². The predicted molar refractivity (Wildman–Crippen MR) is 108 cm³/mol. The van der Waals surface area contributed by atoms with E-state index in [0.717, 1.165) is 18.4 Å². The summed E-state index contributed by atoms with van der Waals surface area (Å²) in [6.07, 6.45) is 6.51. The topological polar surface area (TPSA) is 71.5 Å². The normalized spacial score (nSPS) is 21.4. The Morgan fingerprint density at radius 1 is 1.30 bits per heavy atom. The number of benzene rings is 1. The molecule has 0 bridgehead atoms. The average Bonchev–Trinajstić information content (AvgIpc) is 3.47. The van der Waals surface area contributed by atoms with Crippen LogP contribution in [0, 0.1) is 5.92 Å². The van der Waals surface area contributed by atoms with Gasteiger partial charge in [0.15, 0.2) is 0 Å². The van der Waals surface area contributed by atoms with Gasteiger partial charge in [0.1, 0.15) is 5.75 Å². The van der Waals surface area contributed by atoms with E-state index in [4.69, 9.17) is 4.74 Å². The number of pyridine rings is 1. The number of hydrogen-bond donors (Lipinski definition) is 1. The van der Waals surface area contributed by atoms with Gasteiger partial charge in [-0.05, 0) is 44.7 Å². The first-order chi connectivity index (χ1) is 12.6. The number of ether oxygens (including phenoxy) is 1. The summed E-state index contributed by atoms with van der Waals surface area (Å²) in [4.78, 5) is 4.55. The van der Waals surface area contributed by atoms with E-state index in [1.54, 1.807) is 28.8 Å². The Morgan fingerprint density at radius 3 is 2.89 bits per heavy atom. The average molecular weight is 412 g/mol. The molecule has 0 spiro atoms. The van der Waals surface area contributed by atoms with Crippen LogP contribution in [0.1, 0.15) is 26.2 Å². The zero-order valence-corrected chi connectivity index (χ0v) is 17.1. The van der Waals surface area contributed by atoms with Crippen LogP contribution in [0.2, 0.25) is 0 Å². The fraction of sp³-hybridized carbons (Fsp3) is 0.526. The molecule has 4 rings (SSSR count). The molecule has 1 aromatic heterocycles. The van der Waals surface area contributed by atoms with E-state index in [1.807, 2.05) is 13.0 Å². The standard InChI is InChI=1S/C19H25N3O3S.ClH/c1-14-10-20-8-3-9-22(14)26(23,24)18-5-2-4-16-11-21-12-17(19(16)18)25-13-15-6-7-15;/h2,4-5,11-12,14-15,20H,3,6-10,13H2,1H3;1H/t14-;/m1./s1. The summed E-state index contributed by atoms with van der Waals surface area (Å²) in [6.45, 7) is 4.60. The van der Waals surface area contributed by atoms with Crippen LogP contribution in [0.4, 0.5) is 0 Å². The predicted octanol–water partition coefficient (Wildman–Crippen LogP) is 2.82. The maximum atomic E-state index is 13.5. The Hall–Kier alpha value is -1.41. The zero-order valence-electron chi connectivity index (χ0n) is 15.4. The molecule has 2 aromatic rings. The first kappa shape index (κ1) is 20.3. The molecule has 1 aliphatic heterocycles. The van der Waals surface area contributed by atoms with Crippen LogP contribution in [0.3, 0.4) is 0 Å². The zero-order chi connectivity index (χ0) is 18.1. The number of halogens is 1. The van der Waals surface area contributed by atoms with Crippen molar-refractivity contribution in [3.63, 3.8) is 0 Å². The van der Waals surface area contributed by atoms with E-state index in [9.17, 15) is 8.42 Å². The van der Waals surface area contributed by atoms with Crippen molar-refractivity contribution in [3.8, 4) is 5.75 Å². The summed E-state index contributed by atoms with van der Waals surface area (Å²) in [5.74, 6) is 1.15. The molecule has 1 aliphatic carbocycles. The van der Waals surface area contributed by atoms with Crippen molar-refractivity contribution in [2.24, 2.45) is 5.92 Å². The molecule has 2 heterocycles. The molecule has 148 valence electrons. The minimum atomic E-state index is -3.62. The number of hydrogen-bond acceptors (Lipinski definition) is 5. The van der Waals surface area contributed by atoms with Crippen molar-refractivity contribution >= 4 is 33.2 Å². The lowest BCUT2D eigenvalue weighted by atomic mass is 10.1. The van der Waals surface area contributed by atoms with Gasteiger partial charge in [-0.25, -0.2) is 8.42 Å². The first-order valence-corrected chi connectivity index (χ1v) is 10.7. The number of rotatable bonds is 5. The Bertz CT molecular complexity index is 897. The lowest BCUT2D eigenvalue weighted by molar-refractivity contribution is 0.301. The molecule has 27 heavy (non-hydrogen) atoms. The van der Waals surface area contributed by atoms with Crippen molar-refractivity contribution in [1.82, 2.24) is 14.6 Å². The van der Waals surface area contributed by atoms with Gasteiger partial charge < -0.3 is 10.1 Å². The van der Waals surface area contributed by atoms with E-state index in [2.05, 4.69) is 10.3 Å². The maximum Gasteiger partial charge on any atom is 0.244 e. The second-order valence-electron chi connectivity index (χ2n) is 7.27. The molecule has 1 atom stereocenters.